The lowest BCUT2D eigenvalue weighted by molar-refractivity contribution is -0.0470. The number of hydrogen-bond acceptors (Lipinski definition) is 9. The van der Waals surface area contributed by atoms with Crippen LogP contribution in [0.5, 0.6) is 5.88 Å². The first kappa shape index (κ1) is 36.1. The molecule has 2 aromatic heterocycles. The van der Waals surface area contributed by atoms with Gasteiger partial charge in [-0.3, -0.25) is 4.57 Å². The van der Waals surface area contributed by atoms with Gasteiger partial charge >= 0.3 is 0 Å². The van der Waals surface area contributed by atoms with Crippen LogP contribution in [0.2, 0.25) is 54.4 Å². The van der Waals surface area contributed by atoms with Gasteiger partial charge in [-0.1, -0.05) is 62.3 Å². The van der Waals surface area contributed by atoms with Crippen molar-refractivity contribution in [3.8, 4) is 5.88 Å². The van der Waals surface area contributed by atoms with Crippen LogP contribution in [0.3, 0.4) is 0 Å². The predicted octanol–water partition coefficient (Wildman–Crippen LogP) is 7.51. The van der Waals surface area contributed by atoms with E-state index >= 15 is 0 Å². The summed E-state index contributed by atoms with van der Waals surface area (Å²) in [5.74, 6) is 0.472. The Kier molecular flexibility index (Phi) is 10.2. The molecule has 10 nitrogen and oxygen atoms in total. The van der Waals surface area contributed by atoms with Gasteiger partial charge < -0.3 is 28.5 Å². The Morgan fingerprint density at radius 2 is 1.33 bits per heavy atom. The molecule has 0 bridgehead atoms. The third-order valence-electron chi connectivity index (χ3n) is 10.1. The highest BCUT2D eigenvalue weighted by Crippen LogP contribution is 2.47. The fraction of sp³-hybridized carbons (Fsp3) is 0.833. The average Bonchev–Trinajstić information content (AvgIpc) is 3.36. The molecule has 3 rings (SSSR count). The number of anilines is 1. The minimum atomic E-state index is -2.30. The lowest BCUT2D eigenvalue weighted by Crippen LogP contribution is -2.54. The van der Waals surface area contributed by atoms with Crippen LogP contribution in [0.15, 0.2) is 6.33 Å². The predicted molar refractivity (Wildman–Crippen MR) is 182 cm³/mol. The number of hydrogen-bond donors (Lipinski definition) is 1. The Balaban J connectivity index is 2.20. The molecule has 43 heavy (non-hydrogen) atoms. The molecule has 0 spiro atoms. The van der Waals surface area contributed by atoms with Crippen molar-refractivity contribution in [3.05, 3.63) is 6.33 Å². The maximum atomic E-state index is 7.27. The van der Waals surface area contributed by atoms with Crippen molar-refractivity contribution in [3.63, 3.8) is 0 Å². The van der Waals surface area contributed by atoms with E-state index in [2.05, 4.69) is 117 Å². The second-order valence-corrected chi connectivity index (χ2v) is 30.8. The number of nitrogens with two attached hydrogens (primary N) is 1. The van der Waals surface area contributed by atoms with Crippen LogP contribution >= 0.6 is 0 Å². The Morgan fingerprint density at radius 3 is 1.81 bits per heavy atom. The van der Waals surface area contributed by atoms with Crippen LogP contribution in [0.1, 0.15) is 75.5 Å². The van der Waals surface area contributed by atoms with Gasteiger partial charge in [0.15, 0.2) is 42.3 Å². The molecule has 0 saturated carbocycles. The number of imidazole rings is 1. The summed E-state index contributed by atoms with van der Waals surface area (Å²) in [6.45, 7) is 36.7. The van der Waals surface area contributed by atoms with Crippen molar-refractivity contribution in [2.24, 2.45) is 0 Å². The normalized spacial score (nSPS) is 22.9. The number of ether oxygens (including phenoxy) is 2. The van der Waals surface area contributed by atoms with Crippen LogP contribution in [0.25, 0.3) is 11.2 Å². The highest BCUT2D eigenvalue weighted by atomic mass is 28.4. The van der Waals surface area contributed by atoms with E-state index in [0.29, 0.717) is 30.3 Å². The Morgan fingerprint density at radius 1 is 0.814 bits per heavy atom. The minimum Gasteiger partial charge on any atom is -0.476 e. The van der Waals surface area contributed by atoms with Crippen molar-refractivity contribution in [2.75, 3.05) is 18.9 Å². The molecule has 0 radical (unpaired) electrons. The van der Waals surface area contributed by atoms with Crippen LogP contribution in [0.4, 0.5) is 5.95 Å². The second-order valence-electron chi connectivity index (χ2n) is 16.5. The molecular formula is C30H59N5O5Si3. The average molecular weight is 654 g/mol. The number of aromatic nitrogens is 4. The van der Waals surface area contributed by atoms with Gasteiger partial charge in [0.2, 0.25) is 11.8 Å². The van der Waals surface area contributed by atoms with Gasteiger partial charge in [0.1, 0.15) is 18.3 Å². The fourth-order valence-electron chi connectivity index (χ4n) is 4.21. The van der Waals surface area contributed by atoms with E-state index in [-0.39, 0.29) is 33.3 Å². The molecule has 1 aliphatic heterocycles. The molecule has 4 atom stereocenters. The zero-order valence-corrected chi connectivity index (χ0v) is 32.7. The topological polar surface area (TPSA) is 116 Å². The van der Waals surface area contributed by atoms with Crippen LogP contribution in [-0.2, 0) is 18.0 Å². The van der Waals surface area contributed by atoms with Gasteiger partial charge in [-0.15, -0.1) is 0 Å². The molecule has 3 heterocycles. The molecule has 1 saturated heterocycles. The van der Waals surface area contributed by atoms with E-state index < -0.39 is 37.3 Å². The van der Waals surface area contributed by atoms with Gasteiger partial charge in [0, 0.05) is 0 Å². The van der Waals surface area contributed by atoms with Gasteiger partial charge in [0.25, 0.3) is 0 Å². The summed E-state index contributed by atoms with van der Waals surface area (Å²) >= 11 is 0. The zero-order chi connectivity index (χ0) is 33.0. The summed E-state index contributed by atoms with van der Waals surface area (Å²) in [6, 6.07) is 0. The van der Waals surface area contributed by atoms with Crippen molar-refractivity contribution < 1.29 is 22.8 Å². The molecule has 0 unspecified atom stereocenters. The first-order valence-corrected chi connectivity index (χ1v) is 24.3. The number of nitrogen functional groups attached to an aromatic ring is 1. The molecule has 2 N–H and O–H groups in total. The molecule has 0 aromatic carbocycles. The molecule has 0 aliphatic carbocycles. The zero-order valence-electron chi connectivity index (χ0n) is 29.7. The lowest BCUT2D eigenvalue weighted by atomic mass is 10.1. The quantitative estimate of drug-likeness (QED) is 0.260. The molecule has 2 aromatic rings. The summed E-state index contributed by atoms with van der Waals surface area (Å²) in [5, 5.41) is 0.0241. The second kappa shape index (κ2) is 12.1. The largest absolute Gasteiger partial charge is 0.476 e. The molecular weight excluding hydrogens is 595 g/mol. The van der Waals surface area contributed by atoms with Crippen molar-refractivity contribution in [1.82, 2.24) is 19.5 Å². The van der Waals surface area contributed by atoms with Crippen LogP contribution in [0, 0.1) is 0 Å². The van der Waals surface area contributed by atoms with E-state index in [9.17, 15) is 0 Å². The first-order valence-electron chi connectivity index (χ1n) is 15.6. The summed E-state index contributed by atoms with van der Waals surface area (Å²) < 4.78 is 36.0. The lowest BCUT2D eigenvalue weighted by Gasteiger charge is -2.44. The fourth-order valence-corrected chi connectivity index (χ4v) is 7.82. The monoisotopic (exact) mass is 653 g/mol. The summed E-state index contributed by atoms with van der Waals surface area (Å²) in [7, 11) is -6.64. The maximum Gasteiger partial charge on any atom is 0.247 e. The molecule has 1 aliphatic rings. The van der Waals surface area contributed by atoms with Crippen molar-refractivity contribution in [2.45, 2.75) is 148 Å². The van der Waals surface area contributed by atoms with Gasteiger partial charge in [-0.2, -0.15) is 9.97 Å². The van der Waals surface area contributed by atoms with Crippen molar-refractivity contribution in [1.29, 1.82) is 0 Å². The van der Waals surface area contributed by atoms with E-state index in [0.717, 1.165) is 0 Å². The van der Waals surface area contributed by atoms with E-state index in [1.54, 1.807) is 6.33 Å². The van der Waals surface area contributed by atoms with Crippen LogP contribution < -0.4 is 10.5 Å². The minimum absolute atomic E-state index is 0.00673. The third kappa shape index (κ3) is 7.55. The van der Waals surface area contributed by atoms with Crippen LogP contribution in [-0.4, -0.2) is 76.0 Å². The summed E-state index contributed by atoms with van der Waals surface area (Å²) in [4.78, 5) is 13.5. The standard InChI is InChI=1S/C30H59N5O5Si3/c1-17-36-25-21-24(33-27(31)34-25)35(19-32-21)26-23(40-43(15,16)30(8,9)10)22(39-42(13,14)29(5,6)7)20(38-26)18-37-41(11,12)28(2,3)4/h19-20,22-23,26H,17-18H2,1-16H3,(H2,31,33,34)/t20-,22-,23-,26-/m1/s1. The summed E-state index contributed by atoms with van der Waals surface area (Å²) in [5.41, 5.74) is 7.23. The number of nitrogens with zero attached hydrogens (tertiary/aromatic N) is 4. The third-order valence-corrected chi connectivity index (χ3v) is 23.6. The summed E-state index contributed by atoms with van der Waals surface area (Å²) in [6.07, 6.45) is 0.0331. The van der Waals surface area contributed by atoms with E-state index in [4.69, 9.17) is 28.5 Å². The Labute approximate surface area is 263 Å². The Bertz CT molecular complexity index is 1260. The Hall–Kier alpha value is -1.36. The van der Waals surface area contributed by atoms with Gasteiger partial charge in [-0.05, 0) is 61.3 Å². The number of rotatable bonds is 10. The molecule has 1 fully saturated rings. The molecule has 246 valence electrons. The first-order chi connectivity index (χ1) is 19.3. The van der Waals surface area contributed by atoms with Gasteiger partial charge in [-0.25, -0.2) is 4.98 Å². The maximum absolute atomic E-state index is 7.27. The van der Waals surface area contributed by atoms with E-state index in [1.165, 1.54) is 0 Å². The highest BCUT2D eigenvalue weighted by Gasteiger charge is 2.55. The molecule has 13 heteroatoms. The SMILES string of the molecule is CCOc1nc(N)nc2c1ncn2[C@@H]1O[C@H](CO[Si](C)(C)C(C)(C)C)[C@@H](O[Si](C)(C)C(C)(C)C)[C@H]1O[Si](C)(C)C(C)(C)C. The van der Waals surface area contributed by atoms with Crippen molar-refractivity contribution >= 4 is 42.1 Å². The van der Waals surface area contributed by atoms with Gasteiger partial charge in [0.05, 0.1) is 19.5 Å². The highest BCUT2D eigenvalue weighted by molar-refractivity contribution is 6.75. The smallest absolute Gasteiger partial charge is 0.247 e. The van der Waals surface area contributed by atoms with E-state index in [1.807, 2.05) is 11.5 Å². The number of fused-ring (bicyclic) bond motifs is 1. The molecule has 0 amide bonds.